The molecule has 20 heavy (non-hydrogen) atoms. The van der Waals surface area contributed by atoms with Gasteiger partial charge in [0, 0.05) is 23.5 Å². The summed E-state index contributed by atoms with van der Waals surface area (Å²) >= 11 is 0. The Balaban J connectivity index is 2.43. The molecule has 0 aliphatic rings. The lowest BCUT2D eigenvalue weighted by molar-refractivity contribution is -0.138. The predicted octanol–water partition coefficient (Wildman–Crippen LogP) is 3.69. The van der Waals surface area contributed by atoms with Crippen LogP contribution in [0.1, 0.15) is 16.8 Å². The molecule has 0 bridgehead atoms. The van der Waals surface area contributed by atoms with E-state index in [1.165, 1.54) is 30.5 Å². The molecule has 2 rings (SSSR count). The number of pyridine rings is 1. The van der Waals surface area contributed by atoms with Gasteiger partial charge < -0.3 is 9.84 Å². The summed E-state index contributed by atoms with van der Waals surface area (Å²) < 4.78 is 43.9. The maximum absolute atomic E-state index is 12.9. The van der Waals surface area contributed by atoms with E-state index in [9.17, 15) is 18.3 Å². The van der Waals surface area contributed by atoms with Crippen molar-refractivity contribution in [3.63, 3.8) is 0 Å². The van der Waals surface area contributed by atoms with E-state index in [0.29, 0.717) is 11.3 Å². The predicted molar refractivity (Wildman–Crippen MR) is 66.4 cm³/mol. The van der Waals surface area contributed by atoms with Crippen LogP contribution in [0.3, 0.4) is 0 Å². The Bertz CT molecular complexity index is 612. The fourth-order valence-corrected chi connectivity index (χ4v) is 1.69. The summed E-state index contributed by atoms with van der Waals surface area (Å²) in [7, 11) is 0. The lowest BCUT2D eigenvalue weighted by Crippen LogP contribution is -2.07. The van der Waals surface area contributed by atoms with Gasteiger partial charge in [0.15, 0.2) is 0 Å². The van der Waals surface area contributed by atoms with Crippen LogP contribution in [-0.4, -0.2) is 10.1 Å². The highest BCUT2D eigenvalue weighted by molar-refractivity contribution is 5.42. The summed E-state index contributed by atoms with van der Waals surface area (Å²) in [6, 6.07) is 6.41. The first-order chi connectivity index (χ1) is 9.41. The van der Waals surface area contributed by atoms with E-state index in [0.717, 1.165) is 6.07 Å². The summed E-state index contributed by atoms with van der Waals surface area (Å²) in [4.78, 5) is 3.96. The molecule has 106 valence electrons. The standard InChI is InChI=1S/C14H12F3NO2/c1-9-6-13(10(8-19)7-18-9)20-12-5-3-2-4-11(12)14(15,16)17/h2-7,19H,8H2,1H3. The number of nitrogens with zero attached hydrogens (tertiary/aromatic N) is 1. The number of aliphatic hydroxyl groups excluding tert-OH is 1. The zero-order valence-electron chi connectivity index (χ0n) is 10.6. The molecule has 0 saturated heterocycles. The van der Waals surface area contributed by atoms with Crippen LogP contribution in [0.15, 0.2) is 36.5 Å². The van der Waals surface area contributed by atoms with Crippen molar-refractivity contribution in [2.75, 3.05) is 0 Å². The first-order valence-corrected chi connectivity index (χ1v) is 5.82. The number of hydrogen-bond donors (Lipinski definition) is 1. The van der Waals surface area contributed by atoms with Gasteiger partial charge in [0.1, 0.15) is 11.5 Å². The van der Waals surface area contributed by atoms with Gasteiger partial charge in [0.25, 0.3) is 0 Å². The number of aryl methyl sites for hydroxylation is 1. The number of aromatic nitrogens is 1. The third kappa shape index (κ3) is 3.08. The number of rotatable bonds is 3. The van der Waals surface area contributed by atoms with Crippen molar-refractivity contribution in [3.8, 4) is 11.5 Å². The highest BCUT2D eigenvalue weighted by Gasteiger charge is 2.34. The SMILES string of the molecule is Cc1cc(Oc2ccccc2C(F)(F)F)c(CO)cn1. The molecule has 1 heterocycles. The maximum Gasteiger partial charge on any atom is 0.419 e. The fourth-order valence-electron chi connectivity index (χ4n) is 1.69. The molecule has 0 saturated carbocycles. The Morgan fingerprint density at radius 2 is 1.90 bits per heavy atom. The maximum atomic E-state index is 12.9. The van der Waals surface area contributed by atoms with Gasteiger partial charge in [-0.15, -0.1) is 0 Å². The first kappa shape index (κ1) is 14.3. The number of ether oxygens (including phenoxy) is 1. The quantitative estimate of drug-likeness (QED) is 0.934. The van der Waals surface area contributed by atoms with E-state index < -0.39 is 11.7 Å². The molecule has 0 spiro atoms. The molecule has 0 radical (unpaired) electrons. The Labute approximate surface area is 113 Å². The van der Waals surface area contributed by atoms with Crippen molar-refractivity contribution >= 4 is 0 Å². The molecule has 0 amide bonds. The number of benzene rings is 1. The molecular formula is C14H12F3NO2. The molecule has 2 aromatic rings. The number of para-hydroxylation sites is 1. The summed E-state index contributed by atoms with van der Waals surface area (Å²) in [6.45, 7) is 1.32. The van der Waals surface area contributed by atoms with Crippen LogP contribution in [-0.2, 0) is 12.8 Å². The molecule has 0 unspecified atom stereocenters. The lowest BCUT2D eigenvalue weighted by Gasteiger charge is -2.15. The van der Waals surface area contributed by atoms with Crippen LogP contribution in [0, 0.1) is 6.92 Å². The molecular weight excluding hydrogens is 271 g/mol. The van der Waals surface area contributed by atoms with Gasteiger partial charge >= 0.3 is 6.18 Å². The lowest BCUT2D eigenvalue weighted by atomic mass is 10.2. The van der Waals surface area contributed by atoms with E-state index in [-0.39, 0.29) is 18.1 Å². The van der Waals surface area contributed by atoms with Crippen molar-refractivity contribution in [2.24, 2.45) is 0 Å². The molecule has 0 atom stereocenters. The van der Waals surface area contributed by atoms with Crippen molar-refractivity contribution in [1.82, 2.24) is 4.98 Å². The second kappa shape index (κ2) is 5.50. The average Bonchev–Trinajstić information content (AvgIpc) is 2.38. The fraction of sp³-hybridized carbons (Fsp3) is 0.214. The summed E-state index contributed by atoms with van der Waals surface area (Å²) in [6.07, 6.45) is -3.13. The van der Waals surface area contributed by atoms with Crippen molar-refractivity contribution in [2.45, 2.75) is 19.7 Å². The van der Waals surface area contributed by atoms with Crippen molar-refractivity contribution < 1.29 is 23.0 Å². The Hall–Kier alpha value is -2.08. The van der Waals surface area contributed by atoms with E-state index in [1.807, 2.05) is 0 Å². The van der Waals surface area contributed by atoms with Gasteiger partial charge in [-0.25, -0.2) is 0 Å². The second-order valence-corrected chi connectivity index (χ2v) is 4.19. The van der Waals surface area contributed by atoms with Gasteiger partial charge in [-0.2, -0.15) is 13.2 Å². The number of halogens is 3. The van der Waals surface area contributed by atoms with Gasteiger partial charge in [0.05, 0.1) is 12.2 Å². The molecule has 0 fully saturated rings. The van der Waals surface area contributed by atoms with E-state index in [1.54, 1.807) is 6.92 Å². The van der Waals surface area contributed by atoms with E-state index in [4.69, 9.17) is 4.74 Å². The van der Waals surface area contributed by atoms with Crippen LogP contribution in [0.2, 0.25) is 0 Å². The molecule has 1 aromatic heterocycles. The Kier molecular flexibility index (Phi) is 3.94. The van der Waals surface area contributed by atoms with Gasteiger partial charge in [-0.3, -0.25) is 4.98 Å². The molecule has 1 N–H and O–H groups in total. The summed E-state index contributed by atoms with van der Waals surface area (Å²) in [5, 5.41) is 9.17. The van der Waals surface area contributed by atoms with Crippen LogP contribution >= 0.6 is 0 Å². The zero-order valence-corrected chi connectivity index (χ0v) is 10.6. The van der Waals surface area contributed by atoms with E-state index >= 15 is 0 Å². The minimum atomic E-state index is -4.50. The van der Waals surface area contributed by atoms with Gasteiger partial charge in [0.2, 0.25) is 0 Å². The third-order valence-corrected chi connectivity index (χ3v) is 2.66. The summed E-state index contributed by atoms with van der Waals surface area (Å²) in [5.74, 6) is -0.142. The molecule has 0 aliphatic heterocycles. The van der Waals surface area contributed by atoms with Crippen molar-refractivity contribution in [1.29, 1.82) is 0 Å². The van der Waals surface area contributed by atoms with Crippen LogP contribution in [0.25, 0.3) is 0 Å². The van der Waals surface area contributed by atoms with E-state index in [2.05, 4.69) is 4.98 Å². The van der Waals surface area contributed by atoms with Gasteiger partial charge in [-0.1, -0.05) is 12.1 Å². The molecule has 1 aromatic carbocycles. The molecule has 0 aliphatic carbocycles. The Morgan fingerprint density at radius 1 is 1.20 bits per heavy atom. The minimum absolute atomic E-state index is 0.164. The molecule has 6 heteroatoms. The number of hydrogen-bond acceptors (Lipinski definition) is 3. The largest absolute Gasteiger partial charge is 0.456 e. The topological polar surface area (TPSA) is 42.4 Å². The zero-order chi connectivity index (χ0) is 14.8. The normalized spacial score (nSPS) is 11.4. The highest BCUT2D eigenvalue weighted by Crippen LogP contribution is 2.38. The monoisotopic (exact) mass is 283 g/mol. The second-order valence-electron chi connectivity index (χ2n) is 4.19. The number of alkyl halides is 3. The average molecular weight is 283 g/mol. The van der Waals surface area contributed by atoms with Crippen LogP contribution in [0.5, 0.6) is 11.5 Å². The summed E-state index contributed by atoms with van der Waals surface area (Å²) in [5.41, 5.74) is 0.0487. The smallest absolute Gasteiger partial charge is 0.419 e. The highest BCUT2D eigenvalue weighted by atomic mass is 19.4. The molecule has 3 nitrogen and oxygen atoms in total. The first-order valence-electron chi connectivity index (χ1n) is 5.82. The Morgan fingerprint density at radius 3 is 2.55 bits per heavy atom. The third-order valence-electron chi connectivity index (χ3n) is 2.66. The van der Waals surface area contributed by atoms with Crippen LogP contribution in [0.4, 0.5) is 13.2 Å². The van der Waals surface area contributed by atoms with Crippen LogP contribution < -0.4 is 4.74 Å². The van der Waals surface area contributed by atoms with Crippen molar-refractivity contribution in [3.05, 3.63) is 53.3 Å². The number of aliphatic hydroxyl groups is 1. The van der Waals surface area contributed by atoms with Gasteiger partial charge in [-0.05, 0) is 19.1 Å². The minimum Gasteiger partial charge on any atom is -0.456 e.